The lowest BCUT2D eigenvalue weighted by Gasteiger charge is -2.25. The first-order valence-corrected chi connectivity index (χ1v) is 8.05. The van der Waals surface area contributed by atoms with E-state index in [9.17, 15) is 9.18 Å². The number of nitrogens with one attached hydrogen (secondary N) is 2. The first-order chi connectivity index (χ1) is 11.4. The largest absolute Gasteiger partial charge is 0.361 e. The number of benzene rings is 2. The first kappa shape index (κ1) is 16.5. The van der Waals surface area contributed by atoms with Gasteiger partial charge in [0, 0.05) is 39.6 Å². The molecule has 1 aromatic heterocycles. The van der Waals surface area contributed by atoms with Gasteiger partial charge in [0.1, 0.15) is 5.82 Å². The topological polar surface area (TPSA) is 44.9 Å². The molecule has 0 aliphatic heterocycles. The number of carbonyl (C=O) groups excluding carboxylic acids is 1. The third-order valence-electron chi connectivity index (χ3n) is 4.17. The lowest BCUT2D eigenvalue weighted by Crippen LogP contribution is -2.36. The fraction of sp³-hybridized carbons (Fsp3) is 0.211. The molecule has 24 heavy (non-hydrogen) atoms. The molecule has 1 heterocycles. The van der Waals surface area contributed by atoms with E-state index in [0.29, 0.717) is 17.1 Å². The highest BCUT2D eigenvalue weighted by atomic mass is 35.5. The second-order valence-electron chi connectivity index (χ2n) is 6.47. The molecular formula is C19H18ClFN2O. The summed E-state index contributed by atoms with van der Waals surface area (Å²) in [6.45, 7) is 4.54. The van der Waals surface area contributed by atoms with Gasteiger partial charge in [0.25, 0.3) is 5.91 Å². The van der Waals surface area contributed by atoms with E-state index in [-0.39, 0.29) is 17.1 Å². The number of hydrogen-bond acceptors (Lipinski definition) is 1. The van der Waals surface area contributed by atoms with Crippen LogP contribution in [0.2, 0.25) is 5.02 Å². The van der Waals surface area contributed by atoms with E-state index in [1.165, 1.54) is 12.1 Å². The van der Waals surface area contributed by atoms with Crippen LogP contribution in [0.1, 0.15) is 29.8 Å². The molecule has 0 fully saturated rings. The van der Waals surface area contributed by atoms with Gasteiger partial charge in [0.2, 0.25) is 0 Å². The fourth-order valence-corrected chi connectivity index (χ4v) is 2.88. The van der Waals surface area contributed by atoms with E-state index >= 15 is 0 Å². The van der Waals surface area contributed by atoms with Gasteiger partial charge in [-0.15, -0.1) is 0 Å². The summed E-state index contributed by atoms with van der Waals surface area (Å²) in [5.41, 5.74) is 2.05. The van der Waals surface area contributed by atoms with Crippen molar-refractivity contribution in [1.29, 1.82) is 0 Å². The second kappa shape index (κ2) is 6.29. The Hall–Kier alpha value is -2.33. The number of carbonyl (C=O) groups is 1. The molecule has 2 N–H and O–H groups in total. The molecule has 3 aromatic rings. The maximum absolute atomic E-state index is 13.3. The van der Waals surface area contributed by atoms with Crippen LogP contribution in [-0.2, 0) is 5.41 Å². The van der Waals surface area contributed by atoms with Crippen molar-refractivity contribution in [2.45, 2.75) is 19.3 Å². The SMILES string of the molecule is CC(C)(CNC(=O)c1ccc(Cl)cc1)c1c[nH]c2cc(F)ccc12. The summed E-state index contributed by atoms with van der Waals surface area (Å²) in [5, 5.41) is 4.51. The molecule has 3 nitrogen and oxygen atoms in total. The minimum absolute atomic E-state index is 0.148. The summed E-state index contributed by atoms with van der Waals surface area (Å²) in [4.78, 5) is 15.4. The summed E-state index contributed by atoms with van der Waals surface area (Å²) in [7, 11) is 0. The van der Waals surface area contributed by atoms with Crippen molar-refractivity contribution in [2.75, 3.05) is 6.54 Å². The average Bonchev–Trinajstić information content (AvgIpc) is 2.97. The van der Waals surface area contributed by atoms with Gasteiger partial charge in [-0.25, -0.2) is 4.39 Å². The van der Waals surface area contributed by atoms with Crippen LogP contribution < -0.4 is 5.32 Å². The molecule has 1 amide bonds. The van der Waals surface area contributed by atoms with Gasteiger partial charge in [-0.05, 0) is 48.0 Å². The predicted octanol–water partition coefficient (Wildman–Crippen LogP) is 4.67. The quantitative estimate of drug-likeness (QED) is 0.710. The Bertz CT molecular complexity index is 884. The number of H-pyrrole nitrogens is 1. The highest BCUT2D eigenvalue weighted by molar-refractivity contribution is 6.30. The molecule has 0 saturated carbocycles. The molecule has 0 aliphatic rings. The molecular weight excluding hydrogens is 327 g/mol. The highest BCUT2D eigenvalue weighted by Gasteiger charge is 2.25. The normalized spacial score (nSPS) is 11.7. The van der Waals surface area contributed by atoms with Crippen LogP contribution in [-0.4, -0.2) is 17.4 Å². The first-order valence-electron chi connectivity index (χ1n) is 7.68. The zero-order valence-electron chi connectivity index (χ0n) is 13.5. The van der Waals surface area contributed by atoms with E-state index in [1.807, 2.05) is 20.0 Å². The fourth-order valence-electron chi connectivity index (χ4n) is 2.76. The molecule has 0 aliphatic carbocycles. The molecule has 5 heteroatoms. The minimum atomic E-state index is -0.307. The van der Waals surface area contributed by atoms with Crippen LogP contribution in [0.15, 0.2) is 48.7 Å². The van der Waals surface area contributed by atoms with Gasteiger partial charge in [-0.1, -0.05) is 25.4 Å². The van der Waals surface area contributed by atoms with Crippen LogP contribution in [0, 0.1) is 5.82 Å². The minimum Gasteiger partial charge on any atom is -0.361 e. The Balaban J connectivity index is 1.77. The van der Waals surface area contributed by atoms with E-state index in [2.05, 4.69) is 10.3 Å². The smallest absolute Gasteiger partial charge is 0.251 e. The van der Waals surface area contributed by atoms with E-state index in [4.69, 9.17) is 11.6 Å². The van der Waals surface area contributed by atoms with E-state index in [0.717, 1.165) is 16.5 Å². The highest BCUT2D eigenvalue weighted by Crippen LogP contribution is 2.30. The predicted molar refractivity (Wildman–Crippen MR) is 95.1 cm³/mol. The Labute approximate surface area is 144 Å². The molecule has 0 bridgehead atoms. The van der Waals surface area contributed by atoms with Crippen molar-refractivity contribution >= 4 is 28.4 Å². The van der Waals surface area contributed by atoms with Gasteiger partial charge < -0.3 is 10.3 Å². The summed E-state index contributed by atoms with van der Waals surface area (Å²) in [5.74, 6) is -0.421. The Morgan fingerprint density at radius 1 is 1.21 bits per heavy atom. The third-order valence-corrected chi connectivity index (χ3v) is 4.42. The van der Waals surface area contributed by atoms with Crippen LogP contribution >= 0.6 is 11.6 Å². The van der Waals surface area contributed by atoms with E-state index < -0.39 is 0 Å². The van der Waals surface area contributed by atoms with Crippen molar-refractivity contribution in [1.82, 2.24) is 10.3 Å². The molecule has 0 radical (unpaired) electrons. The van der Waals surface area contributed by atoms with Gasteiger partial charge >= 0.3 is 0 Å². The van der Waals surface area contributed by atoms with Crippen molar-refractivity contribution in [3.8, 4) is 0 Å². The number of hydrogen-bond donors (Lipinski definition) is 2. The number of halogens is 2. The van der Waals surface area contributed by atoms with Gasteiger partial charge in [0.15, 0.2) is 0 Å². The van der Waals surface area contributed by atoms with Gasteiger partial charge in [-0.2, -0.15) is 0 Å². The number of aromatic nitrogens is 1. The molecule has 3 rings (SSSR count). The van der Waals surface area contributed by atoms with Crippen molar-refractivity contribution in [2.24, 2.45) is 0 Å². The van der Waals surface area contributed by atoms with Crippen LogP contribution in [0.3, 0.4) is 0 Å². The molecule has 0 unspecified atom stereocenters. The standard InChI is InChI=1S/C19H18ClFN2O/c1-19(2,11-23-18(24)12-3-5-13(20)6-4-12)16-10-22-17-9-14(21)7-8-15(16)17/h3-10,22H,11H2,1-2H3,(H,23,24). The van der Waals surface area contributed by atoms with Crippen molar-refractivity contribution < 1.29 is 9.18 Å². The second-order valence-corrected chi connectivity index (χ2v) is 6.90. The Morgan fingerprint density at radius 2 is 1.92 bits per heavy atom. The summed E-state index contributed by atoms with van der Waals surface area (Å²) >= 11 is 5.84. The van der Waals surface area contributed by atoms with Crippen LogP contribution in [0.25, 0.3) is 10.9 Å². The van der Waals surface area contributed by atoms with Gasteiger partial charge in [0.05, 0.1) is 0 Å². The summed E-state index contributed by atoms with van der Waals surface area (Å²) in [6.07, 6.45) is 1.87. The molecule has 0 saturated heterocycles. The summed E-state index contributed by atoms with van der Waals surface area (Å²) in [6, 6.07) is 11.5. The zero-order valence-corrected chi connectivity index (χ0v) is 14.2. The zero-order chi connectivity index (χ0) is 17.3. The van der Waals surface area contributed by atoms with Gasteiger partial charge in [-0.3, -0.25) is 4.79 Å². The Morgan fingerprint density at radius 3 is 2.62 bits per heavy atom. The molecule has 124 valence electrons. The molecule has 0 spiro atoms. The lowest BCUT2D eigenvalue weighted by molar-refractivity contribution is 0.0946. The average molecular weight is 345 g/mol. The third kappa shape index (κ3) is 3.29. The van der Waals surface area contributed by atoms with Crippen LogP contribution in [0.4, 0.5) is 4.39 Å². The van der Waals surface area contributed by atoms with Crippen molar-refractivity contribution in [3.63, 3.8) is 0 Å². The number of rotatable bonds is 4. The Kier molecular flexibility index (Phi) is 4.33. The molecule has 2 aromatic carbocycles. The lowest BCUT2D eigenvalue weighted by atomic mass is 9.84. The van der Waals surface area contributed by atoms with Crippen LogP contribution in [0.5, 0.6) is 0 Å². The number of fused-ring (bicyclic) bond motifs is 1. The van der Waals surface area contributed by atoms with E-state index in [1.54, 1.807) is 30.3 Å². The number of amides is 1. The maximum Gasteiger partial charge on any atom is 0.251 e. The molecule has 0 atom stereocenters. The van der Waals surface area contributed by atoms with Crippen molar-refractivity contribution in [3.05, 3.63) is 70.6 Å². The number of aromatic amines is 1. The maximum atomic E-state index is 13.3. The monoisotopic (exact) mass is 344 g/mol. The summed E-state index contributed by atoms with van der Waals surface area (Å²) < 4.78 is 13.3.